The fourth-order valence-corrected chi connectivity index (χ4v) is 1.92. The van der Waals surface area contributed by atoms with Crippen molar-refractivity contribution in [3.8, 4) is 5.75 Å². The van der Waals surface area contributed by atoms with Crippen LogP contribution in [0.25, 0.3) is 0 Å². The number of guanidine groups is 1. The van der Waals surface area contributed by atoms with Crippen LogP contribution in [0.4, 0.5) is 8.78 Å². The zero-order valence-corrected chi connectivity index (χ0v) is 12.9. The first-order valence-electron chi connectivity index (χ1n) is 7.25. The molecule has 0 aliphatic carbocycles. The molecule has 0 amide bonds. The monoisotopic (exact) mass is 319 g/mol. The van der Waals surface area contributed by atoms with Crippen molar-refractivity contribution >= 4 is 5.96 Å². The Morgan fingerprint density at radius 1 is 1.09 bits per heavy atom. The molecule has 6 heteroatoms. The van der Waals surface area contributed by atoms with E-state index in [-0.39, 0.29) is 12.4 Å². The number of halogens is 2. The highest BCUT2D eigenvalue weighted by atomic mass is 19.1. The number of aliphatic imine (C=N–C) groups is 1. The summed E-state index contributed by atoms with van der Waals surface area (Å²) < 4.78 is 31.4. The second-order valence-corrected chi connectivity index (χ2v) is 4.76. The Morgan fingerprint density at radius 2 is 1.87 bits per heavy atom. The van der Waals surface area contributed by atoms with Gasteiger partial charge in [-0.05, 0) is 17.7 Å². The molecule has 0 aliphatic heterocycles. The molecule has 2 N–H and O–H groups in total. The van der Waals surface area contributed by atoms with E-state index >= 15 is 0 Å². The molecule has 2 rings (SSSR count). The first-order valence-corrected chi connectivity index (χ1v) is 7.25. The fourth-order valence-electron chi connectivity index (χ4n) is 1.92. The number of hydrogen-bond acceptors (Lipinski definition) is 2. The molecule has 23 heavy (non-hydrogen) atoms. The molecule has 0 spiro atoms. The van der Waals surface area contributed by atoms with Crippen LogP contribution < -0.4 is 15.4 Å². The highest BCUT2D eigenvalue weighted by Crippen LogP contribution is 2.17. The molecule has 2 aromatic rings. The van der Waals surface area contributed by atoms with Crippen molar-refractivity contribution in [2.45, 2.75) is 6.54 Å². The largest absolute Gasteiger partial charge is 0.489 e. The molecule has 0 heterocycles. The average molecular weight is 319 g/mol. The molecule has 0 fully saturated rings. The van der Waals surface area contributed by atoms with Crippen LogP contribution in [0.15, 0.2) is 53.5 Å². The van der Waals surface area contributed by atoms with Crippen LogP contribution in [0, 0.1) is 11.6 Å². The number of nitrogens with one attached hydrogen (secondary N) is 2. The van der Waals surface area contributed by atoms with Crippen LogP contribution in [0.5, 0.6) is 5.75 Å². The van der Waals surface area contributed by atoms with E-state index in [1.165, 1.54) is 6.07 Å². The van der Waals surface area contributed by atoms with Gasteiger partial charge in [0.1, 0.15) is 12.4 Å². The van der Waals surface area contributed by atoms with E-state index in [9.17, 15) is 8.78 Å². The quantitative estimate of drug-likeness (QED) is 0.489. The van der Waals surface area contributed by atoms with Crippen LogP contribution in [0.2, 0.25) is 0 Å². The van der Waals surface area contributed by atoms with E-state index in [0.29, 0.717) is 19.0 Å². The van der Waals surface area contributed by atoms with Crippen LogP contribution >= 0.6 is 0 Å². The predicted molar refractivity (Wildman–Crippen MR) is 86.5 cm³/mol. The van der Waals surface area contributed by atoms with E-state index in [1.54, 1.807) is 7.05 Å². The van der Waals surface area contributed by atoms with Gasteiger partial charge in [0.05, 0.1) is 6.54 Å². The summed E-state index contributed by atoms with van der Waals surface area (Å²) in [4.78, 5) is 4.09. The Kier molecular flexibility index (Phi) is 6.35. The average Bonchev–Trinajstić information content (AvgIpc) is 2.57. The smallest absolute Gasteiger partial charge is 0.191 e. The van der Waals surface area contributed by atoms with Gasteiger partial charge in [-0.3, -0.25) is 4.99 Å². The second-order valence-electron chi connectivity index (χ2n) is 4.76. The van der Waals surface area contributed by atoms with Gasteiger partial charge >= 0.3 is 0 Å². The van der Waals surface area contributed by atoms with Gasteiger partial charge in [-0.15, -0.1) is 0 Å². The van der Waals surface area contributed by atoms with E-state index in [0.717, 1.165) is 17.7 Å². The van der Waals surface area contributed by atoms with Crippen LogP contribution in [-0.4, -0.2) is 26.2 Å². The molecular weight excluding hydrogens is 300 g/mol. The molecule has 0 bridgehead atoms. The first kappa shape index (κ1) is 16.7. The lowest BCUT2D eigenvalue weighted by Crippen LogP contribution is -2.38. The zero-order chi connectivity index (χ0) is 16.5. The SMILES string of the molecule is CN=C(NCCOc1ccc(F)cc1F)NCc1ccccc1. The minimum atomic E-state index is -0.711. The fraction of sp³-hybridized carbons (Fsp3) is 0.235. The number of rotatable bonds is 6. The summed E-state index contributed by atoms with van der Waals surface area (Å²) in [6.45, 7) is 1.31. The van der Waals surface area contributed by atoms with E-state index in [1.807, 2.05) is 30.3 Å². The Hall–Kier alpha value is -2.63. The third kappa shape index (κ3) is 5.58. The summed E-state index contributed by atoms with van der Waals surface area (Å²) in [5.41, 5.74) is 1.14. The molecule has 0 saturated carbocycles. The van der Waals surface area contributed by atoms with Crippen molar-refractivity contribution in [3.63, 3.8) is 0 Å². The normalized spacial score (nSPS) is 11.2. The maximum atomic E-state index is 13.4. The van der Waals surface area contributed by atoms with Crippen molar-refractivity contribution in [1.29, 1.82) is 0 Å². The summed E-state index contributed by atoms with van der Waals surface area (Å²) >= 11 is 0. The lowest BCUT2D eigenvalue weighted by Gasteiger charge is -2.12. The Morgan fingerprint density at radius 3 is 2.57 bits per heavy atom. The lowest BCUT2D eigenvalue weighted by molar-refractivity contribution is 0.304. The molecule has 0 atom stereocenters. The Bertz CT molecular complexity index is 648. The van der Waals surface area contributed by atoms with Crippen molar-refractivity contribution in [1.82, 2.24) is 10.6 Å². The maximum Gasteiger partial charge on any atom is 0.191 e. The van der Waals surface area contributed by atoms with Gasteiger partial charge in [-0.2, -0.15) is 0 Å². The van der Waals surface area contributed by atoms with Gasteiger partial charge in [0.2, 0.25) is 0 Å². The van der Waals surface area contributed by atoms with Gasteiger partial charge in [-0.1, -0.05) is 30.3 Å². The predicted octanol–water partition coefficient (Wildman–Crippen LogP) is 2.71. The molecule has 0 radical (unpaired) electrons. The van der Waals surface area contributed by atoms with Crippen LogP contribution in [0.3, 0.4) is 0 Å². The van der Waals surface area contributed by atoms with Gasteiger partial charge < -0.3 is 15.4 Å². The van der Waals surface area contributed by atoms with Gasteiger partial charge in [0, 0.05) is 19.7 Å². The molecular formula is C17H19F2N3O. The third-order valence-electron chi connectivity index (χ3n) is 3.07. The highest BCUT2D eigenvalue weighted by Gasteiger charge is 2.04. The molecule has 4 nitrogen and oxygen atoms in total. The molecule has 0 aromatic heterocycles. The maximum absolute atomic E-state index is 13.4. The number of ether oxygens (including phenoxy) is 1. The standard InChI is InChI=1S/C17H19F2N3O/c1-20-17(22-12-13-5-3-2-4-6-13)21-9-10-23-16-8-7-14(18)11-15(16)19/h2-8,11H,9-10,12H2,1H3,(H2,20,21,22). The summed E-state index contributed by atoms with van der Waals surface area (Å²) in [6.07, 6.45) is 0. The summed E-state index contributed by atoms with van der Waals surface area (Å²) in [5, 5.41) is 6.22. The summed E-state index contributed by atoms with van der Waals surface area (Å²) in [6, 6.07) is 13.2. The Labute approximate surface area is 134 Å². The molecule has 2 aromatic carbocycles. The molecule has 122 valence electrons. The van der Waals surface area contributed by atoms with Gasteiger partial charge in [0.25, 0.3) is 0 Å². The number of benzene rings is 2. The molecule has 0 unspecified atom stereocenters. The minimum absolute atomic E-state index is 0.0282. The third-order valence-corrected chi connectivity index (χ3v) is 3.07. The Balaban J connectivity index is 1.71. The van der Waals surface area contributed by atoms with E-state index in [4.69, 9.17) is 4.74 Å². The number of hydrogen-bond donors (Lipinski definition) is 2. The molecule has 0 saturated heterocycles. The van der Waals surface area contributed by atoms with Crippen molar-refractivity contribution in [2.24, 2.45) is 4.99 Å². The molecule has 0 aliphatic rings. The van der Waals surface area contributed by atoms with Crippen molar-refractivity contribution < 1.29 is 13.5 Å². The summed E-state index contributed by atoms with van der Waals surface area (Å²) in [7, 11) is 1.67. The van der Waals surface area contributed by atoms with Gasteiger partial charge in [0.15, 0.2) is 17.5 Å². The highest BCUT2D eigenvalue weighted by molar-refractivity contribution is 5.79. The van der Waals surface area contributed by atoms with Crippen LogP contribution in [0.1, 0.15) is 5.56 Å². The number of nitrogens with zero attached hydrogens (tertiary/aromatic N) is 1. The second kappa shape index (κ2) is 8.73. The topological polar surface area (TPSA) is 45.7 Å². The first-order chi connectivity index (χ1) is 11.2. The van der Waals surface area contributed by atoms with E-state index in [2.05, 4.69) is 15.6 Å². The minimum Gasteiger partial charge on any atom is -0.489 e. The van der Waals surface area contributed by atoms with E-state index < -0.39 is 11.6 Å². The zero-order valence-electron chi connectivity index (χ0n) is 12.9. The van der Waals surface area contributed by atoms with Crippen molar-refractivity contribution in [3.05, 3.63) is 65.7 Å². The van der Waals surface area contributed by atoms with Gasteiger partial charge in [-0.25, -0.2) is 8.78 Å². The lowest BCUT2D eigenvalue weighted by atomic mass is 10.2. The summed E-state index contributed by atoms with van der Waals surface area (Å²) in [5.74, 6) is -0.687. The van der Waals surface area contributed by atoms with Crippen molar-refractivity contribution in [2.75, 3.05) is 20.2 Å². The van der Waals surface area contributed by atoms with Crippen LogP contribution in [-0.2, 0) is 6.54 Å².